The number of para-hydroxylation sites is 3. The highest BCUT2D eigenvalue weighted by Crippen LogP contribution is 2.31. The van der Waals surface area contributed by atoms with Crippen molar-refractivity contribution in [2.45, 2.75) is 18.9 Å². The second kappa shape index (κ2) is 9.07. The van der Waals surface area contributed by atoms with Crippen LogP contribution in [-0.2, 0) is 4.79 Å². The molecule has 4 rings (SSSR count). The summed E-state index contributed by atoms with van der Waals surface area (Å²) in [4.78, 5) is 28.8. The summed E-state index contributed by atoms with van der Waals surface area (Å²) in [6.45, 7) is 2.03. The summed E-state index contributed by atoms with van der Waals surface area (Å²) in [5.41, 5.74) is 0.775. The predicted octanol–water partition coefficient (Wildman–Crippen LogP) is 3.23. The lowest BCUT2D eigenvalue weighted by molar-refractivity contribution is -0.136. The van der Waals surface area contributed by atoms with E-state index in [-0.39, 0.29) is 24.0 Å². The van der Waals surface area contributed by atoms with Crippen molar-refractivity contribution in [3.63, 3.8) is 0 Å². The first kappa shape index (κ1) is 20.1. The first-order valence-electron chi connectivity index (χ1n) is 10.3. The number of amides is 3. The molecule has 0 saturated carbocycles. The van der Waals surface area contributed by atoms with E-state index >= 15 is 0 Å². The van der Waals surface area contributed by atoms with Crippen LogP contribution in [0.15, 0.2) is 54.6 Å². The third-order valence-electron chi connectivity index (χ3n) is 5.58. The zero-order chi connectivity index (χ0) is 20.9. The van der Waals surface area contributed by atoms with E-state index in [4.69, 9.17) is 9.47 Å². The van der Waals surface area contributed by atoms with Crippen LogP contribution in [0.3, 0.4) is 0 Å². The van der Waals surface area contributed by atoms with E-state index in [0.717, 1.165) is 11.4 Å². The summed E-state index contributed by atoms with van der Waals surface area (Å²) < 4.78 is 11.7. The second-order valence-electron chi connectivity index (χ2n) is 7.77. The molecule has 2 aromatic carbocycles. The van der Waals surface area contributed by atoms with Crippen LogP contribution in [0.1, 0.15) is 12.8 Å². The Balaban J connectivity index is 1.24. The van der Waals surface area contributed by atoms with Crippen molar-refractivity contribution in [3.8, 4) is 11.5 Å². The molecule has 0 radical (unpaired) electrons. The highest BCUT2D eigenvalue weighted by molar-refractivity contribution is 5.89. The fourth-order valence-electron chi connectivity index (χ4n) is 3.91. The first-order valence-corrected chi connectivity index (χ1v) is 10.3. The molecule has 1 atom stereocenters. The number of likely N-dealkylation sites (tertiary alicyclic amines) is 1. The number of hydrogen-bond donors (Lipinski definition) is 1. The number of fused-ring (bicyclic) bond motifs is 1. The highest BCUT2D eigenvalue weighted by atomic mass is 16.6. The van der Waals surface area contributed by atoms with Crippen LogP contribution in [-0.4, -0.2) is 61.1 Å². The number of anilines is 1. The predicted molar refractivity (Wildman–Crippen MR) is 114 cm³/mol. The van der Waals surface area contributed by atoms with E-state index in [1.54, 1.807) is 16.8 Å². The average Bonchev–Trinajstić information content (AvgIpc) is 2.79. The molecule has 1 saturated heterocycles. The van der Waals surface area contributed by atoms with Gasteiger partial charge in [0.15, 0.2) is 17.6 Å². The molecule has 2 aliphatic rings. The molecule has 2 aromatic rings. The van der Waals surface area contributed by atoms with Crippen molar-refractivity contribution >= 4 is 17.6 Å². The number of hydrogen-bond acceptors (Lipinski definition) is 4. The maximum atomic E-state index is 12.9. The summed E-state index contributed by atoms with van der Waals surface area (Å²) in [7, 11) is 1.81. The van der Waals surface area contributed by atoms with E-state index in [9.17, 15) is 9.59 Å². The summed E-state index contributed by atoms with van der Waals surface area (Å²) in [5, 5.41) is 2.90. The minimum absolute atomic E-state index is 0.0763. The summed E-state index contributed by atoms with van der Waals surface area (Å²) in [6.07, 6.45) is 1.14. The number of rotatable bonds is 4. The Morgan fingerprint density at radius 3 is 2.43 bits per heavy atom. The molecule has 1 fully saturated rings. The van der Waals surface area contributed by atoms with Gasteiger partial charge >= 0.3 is 6.03 Å². The van der Waals surface area contributed by atoms with E-state index in [1.165, 1.54) is 0 Å². The molecule has 0 aromatic heterocycles. The van der Waals surface area contributed by atoms with Crippen molar-refractivity contribution in [3.05, 3.63) is 54.6 Å². The monoisotopic (exact) mass is 409 g/mol. The van der Waals surface area contributed by atoms with Gasteiger partial charge in [0, 0.05) is 31.7 Å². The smallest absolute Gasteiger partial charge is 0.321 e. The average molecular weight is 409 g/mol. The third kappa shape index (κ3) is 4.67. The largest absolute Gasteiger partial charge is 0.486 e. The van der Waals surface area contributed by atoms with Gasteiger partial charge in [0.2, 0.25) is 5.91 Å². The van der Waals surface area contributed by atoms with Gasteiger partial charge in [-0.05, 0) is 37.1 Å². The first-order chi connectivity index (χ1) is 14.6. The van der Waals surface area contributed by atoms with Gasteiger partial charge in [-0.2, -0.15) is 0 Å². The number of carbonyl (C=O) groups excluding carboxylic acids is 2. The lowest BCUT2D eigenvalue weighted by atomic mass is 9.95. The van der Waals surface area contributed by atoms with Gasteiger partial charge in [0.25, 0.3) is 0 Å². The van der Waals surface area contributed by atoms with E-state index in [0.29, 0.717) is 44.8 Å². The number of benzene rings is 2. The van der Waals surface area contributed by atoms with Crippen LogP contribution < -0.4 is 14.8 Å². The lowest BCUT2D eigenvalue weighted by Gasteiger charge is -2.34. The molecule has 0 spiro atoms. The number of piperidine rings is 1. The summed E-state index contributed by atoms with van der Waals surface area (Å²) >= 11 is 0. The number of carbonyl (C=O) groups is 2. The quantitative estimate of drug-likeness (QED) is 0.842. The van der Waals surface area contributed by atoms with Crippen LogP contribution in [0.5, 0.6) is 11.5 Å². The zero-order valence-corrected chi connectivity index (χ0v) is 17.1. The van der Waals surface area contributed by atoms with Crippen LogP contribution in [0, 0.1) is 5.92 Å². The van der Waals surface area contributed by atoms with Crippen LogP contribution >= 0.6 is 0 Å². The van der Waals surface area contributed by atoms with Crippen molar-refractivity contribution in [1.82, 2.24) is 9.80 Å². The summed E-state index contributed by atoms with van der Waals surface area (Å²) in [5.74, 6) is 1.48. The number of ether oxygens (including phenoxy) is 2. The minimum Gasteiger partial charge on any atom is -0.486 e. The van der Waals surface area contributed by atoms with Gasteiger partial charge in [0.05, 0.1) is 6.54 Å². The third-order valence-corrected chi connectivity index (χ3v) is 5.58. The van der Waals surface area contributed by atoms with Gasteiger partial charge in [-0.3, -0.25) is 4.79 Å². The molecule has 30 heavy (non-hydrogen) atoms. The molecule has 0 unspecified atom stereocenters. The lowest BCUT2D eigenvalue weighted by Crippen LogP contribution is -2.47. The van der Waals surface area contributed by atoms with Crippen LogP contribution in [0.2, 0.25) is 0 Å². The minimum atomic E-state index is -0.189. The summed E-state index contributed by atoms with van der Waals surface area (Å²) in [6, 6.07) is 16.8. The van der Waals surface area contributed by atoms with E-state index in [1.807, 2.05) is 54.6 Å². The maximum absolute atomic E-state index is 12.9. The number of likely N-dealkylation sites (N-methyl/N-ethyl adjacent to an activating group) is 1. The maximum Gasteiger partial charge on any atom is 0.321 e. The fourth-order valence-corrected chi connectivity index (χ4v) is 3.91. The van der Waals surface area contributed by atoms with Gasteiger partial charge < -0.3 is 24.6 Å². The molecule has 7 heteroatoms. The highest BCUT2D eigenvalue weighted by Gasteiger charge is 2.31. The van der Waals surface area contributed by atoms with Gasteiger partial charge in [-0.15, -0.1) is 0 Å². The molecule has 158 valence electrons. The SMILES string of the molecule is CN(C[C@@H]1COc2ccccc2O1)C(=O)C1CCN(C(=O)Nc2ccccc2)CC1. The molecule has 2 heterocycles. The van der Waals surface area contributed by atoms with Crippen LogP contribution in [0.4, 0.5) is 10.5 Å². The normalized spacial score (nSPS) is 18.6. The van der Waals surface area contributed by atoms with E-state index in [2.05, 4.69) is 5.32 Å². The zero-order valence-electron chi connectivity index (χ0n) is 17.1. The van der Waals surface area contributed by atoms with Gasteiger partial charge in [-0.1, -0.05) is 30.3 Å². The van der Waals surface area contributed by atoms with Gasteiger partial charge in [-0.25, -0.2) is 4.79 Å². The number of nitrogens with one attached hydrogen (secondary N) is 1. The number of nitrogens with zero attached hydrogens (tertiary/aromatic N) is 2. The molecular weight excluding hydrogens is 382 g/mol. The Morgan fingerprint density at radius 1 is 1.03 bits per heavy atom. The second-order valence-corrected chi connectivity index (χ2v) is 7.77. The van der Waals surface area contributed by atoms with Crippen molar-refractivity contribution in [2.24, 2.45) is 5.92 Å². The molecule has 7 nitrogen and oxygen atoms in total. The molecule has 1 N–H and O–H groups in total. The standard InChI is InChI=1S/C23H27N3O4/c1-25(15-19-16-29-20-9-5-6-10-21(20)30-19)22(27)17-11-13-26(14-12-17)23(28)24-18-7-3-2-4-8-18/h2-10,17,19H,11-16H2,1H3,(H,24,28)/t19-/m1/s1. The molecule has 2 aliphatic heterocycles. The Morgan fingerprint density at radius 2 is 1.70 bits per heavy atom. The van der Waals surface area contributed by atoms with Gasteiger partial charge in [0.1, 0.15) is 6.61 Å². The fraction of sp³-hybridized carbons (Fsp3) is 0.391. The van der Waals surface area contributed by atoms with Crippen LogP contribution in [0.25, 0.3) is 0 Å². The molecule has 0 bridgehead atoms. The molecule has 0 aliphatic carbocycles. The Labute approximate surface area is 176 Å². The molecular formula is C23H27N3O4. The Hall–Kier alpha value is -3.22. The molecule has 3 amide bonds. The Bertz CT molecular complexity index is 881. The van der Waals surface area contributed by atoms with E-state index < -0.39 is 0 Å². The topological polar surface area (TPSA) is 71.1 Å². The van der Waals surface area contributed by atoms with Crippen molar-refractivity contribution < 1.29 is 19.1 Å². The number of urea groups is 1. The van der Waals surface area contributed by atoms with Crippen molar-refractivity contribution in [2.75, 3.05) is 38.6 Å². The van der Waals surface area contributed by atoms with Crippen molar-refractivity contribution in [1.29, 1.82) is 0 Å². The Kier molecular flexibility index (Phi) is 6.07.